The van der Waals surface area contributed by atoms with Crippen molar-refractivity contribution in [3.05, 3.63) is 11.7 Å². The molecule has 0 aliphatic carbocycles. The maximum Gasteiger partial charge on any atom is 0.223 e. The summed E-state index contributed by atoms with van der Waals surface area (Å²) in [4.78, 5) is 8.30. The van der Waals surface area contributed by atoms with Gasteiger partial charge in [-0.05, 0) is 18.6 Å². The van der Waals surface area contributed by atoms with E-state index in [0.29, 0.717) is 23.5 Å². The zero-order chi connectivity index (χ0) is 12.8. The van der Waals surface area contributed by atoms with E-state index in [1.165, 1.54) is 18.6 Å². The topological polar surface area (TPSA) is 75.3 Å². The van der Waals surface area contributed by atoms with Gasteiger partial charge < -0.3 is 15.2 Å². The lowest BCUT2D eigenvalue weighted by atomic mass is 10.2. The van der Waals surface area contributed by atoms with Crippen molar-refractivity contribution in [2.24, 2.45) is 4.99 Å². The van der Waals surface area contributed by atoms with Gasteiger partial charge in [0.25, 0.3) is 0 Å². The SMILES string of the molecule is CN=C(NCc1noc(C)n1)NCC1CCCS1. The van der Waals surface area contributed by atoms with Crippen LogP contribution >= 0.6 is 11.8 Å². The van der Waals surface area contributed by atoms with Crippen LogP contribution in [0.15, 0.2) is 9.52 Å². The van der Waals surface area contributed by atoms with Gasteiger partial charge in [0.1, 0.15) is 0 Å². The molecule has 0 radical (unpaired) electrons. The molecule has 2 heterocycles. The van der Waals surface area contributed by atoms with E-state index in [0.717, 1.165) is 12.5 Å². The molecule has 0 spiro atoms. The van der Waals surface area contributed by atoms with Gasteiger partial charge in [0.15, 0.2) is 11.8 Å². The molecule has 1 aliphatic rings. The summed E-state index contributed by atoms with van der Waals surface area (Å²) in [6.45, 7) is 3.26. The Morgan fingerprint density at radius 1 is 1.56 bits per heavy atom. The minimum Gasteiger partial charge on any atom is -0.355 e. The highest BCUT2D eigenvalue weighted by Gasteiger charge is 2.15. The van der Waals surface area contributed by atoms with Crippen molar-refractivity contribution in [1.82, 2.24) is 20.8 Å². The summed E-state index contributed by atoms with van der Waals surface area (Å²) in [5.41, 5.74) is 0. The van der Waals surface area contributed by atoms with E-state index in [1.54, 1.807) is 14.0 Å². The minimum absolute atomic E-state index is 0.523. The predicted molar refractivity (Wildman–Crippen MR) is 72.7 cm³/mol. The Labute approximate surface area is 111 Å². The maximum absolute atomic E-state index is 4.91. The third kappa shape index (κ3) is 3.90. The van der Waals surface area contributed by atoms with Crippen molar-refractivity contribution in [2.45, 2.75) is 31.6 Å². The van der Waals surface area contributed by atoms with E-state index in [2.05, 4.69) is 25.8 Å². The van der Waals surface area contributed by atoms with Crippen molar-refractivity contribution in [3.63, 3.8) is 0 Å². The van der Waals surface area contributed by atoms with Gasteiger partial charge in [0.05, 0.1) is 6.54 Å². The lowest BCUT2D eigenvalue weighted by molar-refractivity contribution is 0.387. The van der Waals surface area contributed by atoms with Gasteiger partial charge in [-0.2, -0.15) is 16.7 Å². The molecular formula is C11H19N5OS. The second-order valence-corrected chi connectivity index (χ2v) is 5.58. The van der Waals surface area contributed by atoms with E-state index >= 15 is 0 Å². The van der Waals surface area contributed by atoms with Crippen molar-refractivity contribution >= 4 is 17.7 Å². The first kappa shape index (κ1) is 13.2. The van der Waals surface area contributed by atoms with Crippen molar-refractivity contribution in [2.75, 3.05) is 19.3 Å². The quantitative estimate of drug-likeness (QED) is 0.626. The van der Waals surface area contributed by atoms with Crippen molar-refractivity contribution in [3.8, 4) is 0 Å². The van der Waals surface area contributed by atoms with Crippen LogP contribution in [0.5, 0.6) is 0 Å². The Morgan fingerprint density at radius 2 is 2.44 bits per heavy atom. The summed E-state index contributed by atoms with van der Waals surface area (Å²) < 4.78 is 4.91. The molecule has 0 saturated carbocycles. The average Bonchev–Trinajstić information content (AvgIpc) is 3.01. The van der Waals surface area contributed by atoms with E-state index in [9.17, 15) is 0 Å². The number of rotatable bonds is 4. The zero-order valence-electron chi connectivity index (χ0n) is 10.8. The number of nitrogens with one attached hydrogen (secondary N) is 2. The first-order chi connectivity index (χ1) is 8.78. The fourth-order valence-corrected chi connectivity index (χ4v) is 3.01. The molecule has 1 fully saturated rings. The Kier molecular flexibility index (Phi) is 4.86. The third-order valence-corrected chi connectivity index (χ3v) is 4.13. The summed E-state index contributed by atoms with van der Waals surface area (Å²) in [6, 6.07) is 0. The molecule has 6 nitrogen and oxygen atoms in total. The molecule has 1 atom stereocenters. The molecule has 0 amide bonds. The lowest BCUT2D eigenvalue weighted by Crippen LogP contribution is -2.39. The lowest BCUT2D eigenvalue weighted by Gasteiger charge is -2.13. The highest BCUT2D eigenvalue weighted by Crippen LogP contribution is 2.25. The molecule has 1 unspecified atom stereocenters. The number of nitrogens with zero attached hydrogens (tertiary/aromatic N) is 3. The van der Waals surface area contributed by atoms with Crippen LogP contribution in [0.1, 0.15) is 24.6 Å². The fourth-order valence-electron chi connectivity index (χ4n) is 1.81. The molecule has 1 aliphatic heterocycles. The fraction of sp³-hybridized carbons (Fsp3) is 0.727. The normalized spacial score (nSPS) is 20.1. The van der Waals surface area contributed by atoms with Crippen LogP contribution in [0.2, 0.25) is 0 Å². The number of thioether (sulfide) groups is 1. The molecule has 7 heteroatoms. The molecule has 0 aromatic carbocycles. The molecule has 2 rings (SSSR count). The van der Waals surface area contributed by atoms with Gasteiger partial charge >= 0.3 is 0 Å². The van der Waals surface area contributed by atoms with Crippen LogP contribution in [-0.2, 0) is 6.54 Å². The zero-order valence-corrected chi connectivity index (χ0v) is 11.6. The van der Waals surface area contributed by atoms with E-state index in [1.807, 2.05) is 11.8 Å². The summed E-state index contributed by atoms with van der Waals surface area (Å²) in [6.07, 6.45) is 2.61. The Balaban J connectivity index is 1.72. The van der Waals surface area contributed by atoms with Crippen molar-refractivity contribution < 1.29 is 4.52 Å². The summed E-state index contributed by atoms with van der Waals surface area (Å²) in [7, 11) is 1.76. The number of aryl methyl sites for hydroxylation is 1. The van der Waals surface area contributed by atoms with Gasteiger partial charge in [-0.1, -0.05) is 5.16 Å². The van der Waals surface area contributed by atoms with Crippen LogP contribution in [0, 0.1) is 6.92 Å². The first-order valence-corrected chi connectivity index (χ1v) is 7.18. The molecular weight excluding hydrogens is 250 g/mol. The predicted octanol–water partition coefficient (Wildman–Crippen LogP) is 0.939. The van der Waals surface area contributed by atoms with E-state index in [4.69, 9.17) is 4.52 Å². The first-order valence-electron chi connectivity index (χ1n) is 6.13. The average molecular weight is 269 g/mol. The van der Waals surface area contributed by atoms with Gasteiger partial charge in [0, 0.05) is 25.8 Å². The van der Waals surface area contributed by atoms with Crippen LogP contribution in [-0.4, -0.2) is 40.7 Å². The summed E-state index contributed by atoms with van der Waals surface area (Å²) >= 11 is 2.03. The Morgan fingerprint density at radius 3 is 3.06 bits per heavy atom. The minimum atomic E-state index is 0.523. The molecule has 2 N–H and O–H groups in total. The molecule has 100 valence electrons. The maximum atomic E-state index is 4.91. The van der Waals surface area contributed by atoms with Gasteiger partial charge in [-0.15, -0.1) is 0 Å². The summed E-state index contributed by atoms with van der Waals surface area (Å²) in [5, 5.41) is 11.0. The van der Waals surface area contributed by atoms with Crippen molar-refractivity contribution in [1.29, 1.82) is 0 Å². The number of aromatic nitrogens is 2. The smallest absolute Gasteiger partial charge is 0.223 e. The van der Waals surface area contributed by atoms with Crippen LogP contribution in [0.4, 0.5) is 0 Å². The Hall–Kier alpha value is -1.24. The van der Waals surface area contributed by atoms with Gasteiger partial charge in [0.2, 0.25) is 5.89 Å². The van der Waals surface area contributed by atoms with Gasteiger partial charge in [-0.25, -0.2) is 0 Å². The number of hydrogen-bond donors (Lipinski definition) is 2. The second kappa shape index (κ2) is 6.63. The standard InChI is InChI=1S/C11H19N5OS/c1-8-15-10(16-17-8)7-14-11(12-2)13-6-9-4-3-5-18-9/h9H,3-7H2,1-2H3,(H2,12,13,14). The number of guanidine groups is 1. The number of aliphatic imine (C=N–C) groups is 1. The molecule has 1 aromatic rings. The van der Waals surface area contributed by atoms with Crippen LogP contribution in [0.25, 0.3) is 0 Å². The number of hydrogen-bond acceptors (Lipinski definition) is 5. The van der Waals surface area contributed by atoms with Crippen LogP contribution in [0.3, 0.4) is 0 Å². The summed E-state index contributed by atoms with van der Waals surface area (Å²) in [5.74, 6) is 3.29. The van der Waals surface area contributed by atoms with E-state index in [-0.39, 0.29) is 0 Å². The molecule has 1 saturated heterocycles. The van der Waals surface area contributed by atoms with Crippen LogP contribution < -0.4 is 10.6 Å². The molecule has 18 heavy (non-hydrogen) atoms. The highest BCUT2D eigenvalue weighted by molar-refractivity contribution is 8.00. The van der Waals surface area contributed by atoms with E-state index < -0.39 is 0 Å². The highest BCUT2D eigenvalue weighted by atomic mass is 32.2. The van der Waals surface area contributed by atoms with Gasteiger partial charge in [-0.3, -0.25) is 4.99 Å². The Bertz CT molecular complexity index is 400. The monoisotopic (exact) mass is 269 g/mol. The third-order valence-electron chi connectivity index (χ3n) is 2.73. The second-order valence-electron chi connectivity index (χ2n) is 4.17. The molecule has 0 bridgehead atoms. The largest absolute Gasteiger partial charge is 0.355 e. The molecule has 1 aromatic heterocycles.